The molecule has 0 aliphatic carbocycles. The van der Waals surface area contributed by atoms with Gasteiger partial charge in [0.25, 0.3) is 0 Å². The number of hydrogen-bond acceptors (Lipinski definition) is 5. The Morgan fingerprint density at radius 2 is 2.03 bits per heavy atom. The molecule has 7 nitrogen and oxygen atoms in total. The molecule has 0 saturated heterocycles. The Balaban J connectivity index is 1.66. The Bertz CT molecular complexity index is 1120. The molecule has 152 valence electrons. The van der Waals surface area contributed by atoms with Gasteiger partial charge in [-0.05, 0) is 35.9 Å². The minimum atomic E-state index is -0.584. The van der Waals surface area contributed by atoms with Crippen molar-refractivity contribution in [1.29, 1.82) is 0 Å². The maximum atomic E-state index is 13.8. The van der Waals surface area contributed by atoms with E-state index in [4.69, 9.17) is 9.47 Å². The highest BCUT2D eigenvalue weighted by Crippen LogP contribution is 2.33. The summed E-state index contributed by atoms with van der Waals surface area (Å²) < 4.78 is 24.3. The molecule has 0 radical (unpaired) electrons. The molecule has 0 spiro atoms. The van der Waals surface area contributed by atoms with E-state index in [2.05, 4.69) is 10.3 Å². The van der Waals surface area contributed by atoms with Crippen molar-refractivity contribution in [1.82, 2.24) is 4.98 Å². The van der Waals surface area contributed by atoms with Crippen molar-refractivity contribution in [3.8, 4) is 5.75 Å². The molecule has 0 fully saturated rings. The molecular weight excluding hydrogens is 389 g/mol. The van der Waals surface area contributed by atoms with Gasteiger partial charge in [0.05, 0.1) is 24.9 Å². The number of nitrogens with one attached hydrogen (secondary N) is 1. The second-order valence-electron chi connectivity index (χ2n) is 6.56. The first-order valence-electron chi connectivity index (χ1n) is 9.18. The largest absolute Gasteiger partial charge is 0.487 e. The van der Waals surface area contributed by atoms with E-state index < -0.39 is 11.8 Å². The molecule has 4 rings (SSSR count). The van der Waals surface area contributed by atoms with Gasteiger partial charge in [0.1, 0.15) is 23.9 Å². The summed E-state index contributed by atoms with van der Waals surface area (Å²) in [6.07, 6.45) is 1.48. The highest BCUT2D eigenvalue weighted by atomic mass is 19.1. The molecule has 2 aromatic carbocycles. The maximum absolute atomic E-state index is 13.8. The van der Waals surface area contributed by atoms with Crippen LogP contribution in [0.25, 0.3) is 0 Å². The predicted octanol–water partition coefficient (Wildman–Crippen LogP) is 4.14. The average Bonchev–Trinajstić information content (AvgIpc) is 2.77. The molecule has 3 aromatic rings. The normalized spacial score (nSPS) is 12.7. The zero-order valence-electron chi connectivity index (χ0n) is 16.1. The summed E-state index contributed by atoms with van der Waals surface area (Å²) in [7, 11) is 1.27. The lowest BCUT2D eigenvalue weighted by atomic mass is 10.1. The number of urea groups is 1. The molecule has 1 aliphatic rings. The summed E-state index contributed by atoms with van der Waals surface area (Å²) in [5, 5.41) is 2.81. The molecule has 0 unspecified atom stereocenters. The number of anilines is 2. The topological polar surface area (TPSA) is 80.8 Å². The Labute approximate surface area is 172 Å². The highest BCUT2D eigenvalue weighted by molar-refractivity contribution is 6.08. The third kappa shape index (κ3) is 3.80. The molecule has 1 aromatic heterocycles. The first-order valence-corrected chi connectivity index (χ1v) is 9.18. The smallest absolute Gasteiger partial charge is 0.339 e. The Kier molecular flexibility index (Phi) is 5.30. The van der Waals surface area contributed by atoms with Crippen molar-refractivity contribution in [3.05, 3.63) is 83.4 Å². The average molecular weight is 407 g/mol. The standard InChI is InChI=1S/C22H18FN3O4/c1-29-21(27)16-9-8-15(30-13-19-17(23)6-4-10-24-19)11-20(16)26-12-14-5-2-3-7-18(14)25-22(26)28/h2-11H,12-13H2,1H3,(H,25,28). The van der Waals surface area contributed by atoms with Gasteiger partial charge in [0.15, 0.2) is 0 Å². The number of hydrogen-bond donors (Lipinski definition) is 1. The highest BCUT2D eigenvalue weighted by Gasteiger charge is 2.28. The minimum absolute atomic E-state index is 0.0985. The van der Waals surface area contributed by atoms with Gasteiger partial charge in [0.2, 0.25) is 0 Å². The molecule has 1 aliphatic heterocycles. The first-order chi connectivity index (χ1) is 14.6. The fourth-order valence-electron chi connectivity index (χ4n) is 3.18. The molecule has 30 heavy (non-hydrogen) atoms. The van der Waals surface area contributed by atoms with E-state index in [0.29, 0.717) is 11.4 Å². The van der Waals surface area contributed by atoms with Crippen LogP contribution in [0.15, 0.2) is 60.8 Å². The lowest BCUT2D eigenvalue weighted by molar-refractivity contribution is 0.0601. The lowest BCUT2D eigenvalue weighted by Gasteiger charge is -2.30. The number of para-hydroxylation sites is 1. The van der Waals surface area contributed by atoms with Crippen molar-refractivity contribution in [2.24, 2.45) is 0 Å². The summed E-state index contributed by atoms with van der Waals surface area (Å²) in [4.78, 5) is 30.4. The molecule has 1 N–H and O–H groups in total. The monoisotopic (exact) mass is 407 g/mol. The second kappa shape index (κ2) is 8.20. The SMILES string of the molecule is COC(=O)c1ccc(OCc2ncccc2F)cc1N1Cc2ccccc2NC1=O. The van der Waals surface area contributed by atoms with E-state index in [-0.39, 0.29) is 30.4 Å². The van der Waals surface area contributed by atoms with E-state index in [1.165, 1.54) is 36.4 Å². The molecule has 0 bridgehead atoms. The van der Waals surface area contributed by atoms with Crippen LogP contribution in [0.3, 0.4) is 0 Å². The molecule has 2 heterocycles. The zero-order chi connectivity index (χ0) is 21.1. The van der Waals surface area contributed by atoms with Crippen molar-refractivity contribution in [3.63, 3.8) is 0 Å². The molecule has 0 atom stereocenters. The fourth-order valence-corrected chi connectivity index (χ4v) is 3.18. The van der Waals surface area contributed by atoms with Gasteiger partial charge in [-0.2, -0.15) is 0 Å². The maximum Gasteiger partial charge on any atom is 0.339 e. The summed E-state index contributed by atoms with van der Waals surface area (Å²) >= 11 is 0. The predicted molar refractivity (Wildman–Crippen MR) is 108 cm³/mol. The molecular formula is C22H18FN3O4. The molecule has 2 amide bonds. The van der Waals surface area contributed by atoms with Gasteiger partial charge in [-0.3, -0.25) is 9.88 Å². The number of aromatic nitrogens is 1. The van der Waals surface area contributed by atoms with Crippen LogP contribution in [0.2, 0.25) is 0 Å². The third-order valence-corrected chi connectivity index (χ3v) is 4.71. The summed E-state index contributed by atoms with van der Waals surface area (Å²) in [5.74, 6) is -0.704. The number of ether oxygens (including phenoxy) is 2. The lowest BCUT2D eigenvalue weighted by Crippen LogP contribution is -2.39. The quantitative estimate of drug-likeness (QED) is 0.643. The van der Waals surface area contributed by atoms with Gasteiger partial charge in [-0.1, -0.05) is 18.2 Å². The summed E-state index contributed by atoms with van der Waals surface area (Å²) in [6.45, 7) is 0.170. The number of methoxy groups -OCH3 is 1. The van der Waals surface area contributed by atoms with Crippen LogP contribution in [0, 0.1) is 5.82 Å². The van der Waals surface area contributed by atoms with E-state index >= 15 is 0 Å². The second-order valence-corrected chi connectivity index (χ2v) is 6.56. The van der Waals surface area contributed by atoms with Crippen LogP contribution < -0.4 is 15.0 Å². The van der Waals surface area contributed by atoms with E-state index in [9.17, 15) is 14.0 Å². The van der Waals surface area contributed by atoms with E-state index in [0.717, 1.165) is 11.3 Å². The van der Waals surface area contributed by atoms with Crippen LogP contribution in [-0.4, -0.2) is 24.1 Å². The van der Waals surface area contributed by atoms with Crippen molar-refractivity contribution in [2.45, 2.75) is 13.2 Å². The Hall–Kier alpha value is -3.94. The summed E-state index contributed by atoms with van der Waals surface area (Å²) in [6, 6.07) is 14.5. The van der Waals surface area contributed by atoms with Gasteiger partial charge in [0, 0.05) is 18.0 Å². The Morgan fingerprint density at radius 1 is 1.20 bits per heavy atom. The van der Waals surface area contributed by atoms with Crippen LogP contribution in [0.1, 0.15) is 21.6 Å². The van der Waals surface area contributed by atoms with Gasteiger partial charge in [-0.25, -0.2) is 14.0 Å². The summed E-state index contributed by atoms with van der Waals surface area (Å²) in [5.41, 5.74) is 2.31. The van der Waals surface area contributed by atoms with Crippen molar-refractivity contribution >= 4 is 23.4 Å². The number of esters is 1. The van der Waals surface area contributed by atoms with Gasteiger partial charge >= 0.3 is 12.0 Å². The minimum Gasteiger partial charge on any atom is -0.487 e. The number of amides is 2. The number of nitrogens with zero attached hydrogens (tertiary/aromatic N) is 2. The first kappa shape index (κ1) is 19.4. The molecule has 0 saturated carbocycles. The van der Waals surface area contributed by atoms with Crippen molar-refractivity contribution in [2.75, 3.05) is 17.3 Å². The number of rotatable bonds is 5. The van der Waals surface area contributed by atoms with Crippen LogP contribution in [-0.2, 0) is 17.9 Å². The number of carbonyl (C=O) groups is 2. The number of pyridine rings is 1. The molecule has 8 heteroatoms. The number of halogens is 1. The van der Waals surface area contributed by atoms with Gasteiger partial charge < -0.3 is 14.8 Å². The van der Waals surface area contributed by atoms with Crippen LogP contribution in [0.5, 0.6) is 5.75 Å². The van der Waals surface area contributed by atoms with Gasteiger partial charge in [-0.15, -0.1) is 0 Å². The third-order valence-electron chi connectivity index (χ3n) is 4.71. The fraction of sp³-hybridized carbons (Fsp3) is 0.136. The Morgan fingerprint density at radius 3 is 2.83 bits per heavy atom. The van der Waals surface area contributed by atoms with Crippen molar-refractivity contribution < 1.29 is 23.5 Å². The van der Waals surface area contributed by atoms with E-state index in [1.807, 2.05) is 24.3 Å². The number of carbonyl (C=O) groups excluding carboxylic acids is 2. The van der Waals surface area contributed by atoms with Crippen LogP contribution in [0.4, 0.5) is 20.6 Å². The van der Waals surface area contributed by atoms with Crippen LogP contribution >= 0.6 is 0 Å². The number of fused-ring (bicyclic) bond motifs is 1. The number of benzene rings is 2. The zero-order valence-corrected chi connectivity index (χ0v) is 16.1. The van der Waals surface area contributed by atoms with E-state index in [1.54, 1.807) is 12.1 Å².